The van der Waals surface area contributed by atoms with Crippen LogP contribution < -0.4 is 5.32 Å². The van der Waals surface area contributed by atoms with Gasteiger partial charge in [0.15, 0.2) is 0 Å². The molecule has 3 heteroatoms. The van der Waals surface area contributed by atoms with Crippen LogP contribution in [-0.4, -0.2) is 0 Å². The number of nitrogens with one attached hydrogen (secondary N) is 1. The summed E-state index contributed by atoms with van der Waals surface area (Å²) in [5, 5.41) is 5.49. The Bertz CT molecular complexity index is 763. The molecule has 0 saturated carbocycles. The lowest BCUT2D eigenvalue weighted by Crippen LogP contribution is -2.18. The maximum atomic E-state index is 6.05. The third kappa shape index (κ3) is 2.97. The van der Waals surface area contributed by atoms with Crippen LogP contribution >= 0.6 is 11.6 Å². The van der Waals surface area contributed by atoms with Crippen molar-refractivity contribution in [1.82, 2.24) is 5.32 Å². The second-order valence-electron chi connectivity index (χ2n) is 5.29. The highest BCUT2D eigenvalue weighted by molar-refractivity contribution is 6.30. The van der Waals surface area contributed by atoms with Crippen LogP contribution in [0.25, 0.3) is 11.0 Å². The first-order chi connectivity index (χ1) is 10.1. The summed E-state index contributed by atoms with van der Waals surface area (Å²) in [4.78, 5) is 0. The van der Waals surface area contributed by atoms with E-state index in [2.05, 4.69) is 24.4 Å². The molecule has 0 aliphatic heterocycles. The van der Waals surface area contributed by atoms with Gasteiger partial charge >= 0.3 is 0 Å². The molecule has 1 aromatic heterocycles. The molecule has 21 heavy (non-hydrogen) atoms. The zero-order valence-corrected chi connectivity index (χ0v) is 12.9. The van der Waals surface area contributed by atoms with Gasteiger partial charge in [-0.3, -0.25) is 0 Å². The molecule has 0 radical (unpaired) electrons. The summed E-state index contributed by atoms with van der Waals surface area (Å²) in [5.41, 5.74) is 3.36. The average Bonchev–Trinajstić information content (AvgIpc) is 2.80. The highest BCUT2D eigenvalue weighted by atomic mass is 35.5. The third-order valence-electron chi connectivity index (χ3n) is 3.83. The molecule has 3 rings (SSSR count). The first-order valence-corrected chi connectivity index (χ1v) is 7.49. The molecule has 0 fully saturated rings. The second kappa shape index (κ2) is 5.92. The topological polar surface area (TPSA) is 25.2 Å². The van der Waals surface area contributed by atoms with Crippen LogP contribution in [0, 0.1) is 6.92 Å². The molecule has 108 valence electrons. The predicted molar refractivity (Wildman–Crippen MR) is 87.7 cm³/mol. The standard InChI is InChI=1S/C18H18ClNO/c1-12(14-6-5-7-15(19)10-14)20-11-17-13(2)21-18-9-4-3-8-16(17)18/h3-10,12,20H,11H2,1-2H3/t12-/m0/s1. The molecule has 0 unspecified atom stereocenters. The average molecular weight is 300 g/mol. The smallest absolute Gasteiger partial charge is 0.134 e. The molecule has 0 saturated heterocycles. The summed E-state index contributed by atoms with van der Waals surface area (Å²) in [6, 6.07) is 16.3. The molecule has 1 heterocycles. The van der Waals surface area contributed by atoms with Crippen LogP contribution in [0.2, 0.25) is 5.02 Å². The van der Waals surface area contributed by atoms with Crippen molar-refractivity contribution >= 4 is 22.6 Å². The molecule has 1 N–H and O–H groups in total. The number of rotatable bonds is 4. The quantitative estimate of drug-likeness (QED) is 0.712. The highest BCUT2D eigenvalue weighted by Gasteiger charge is 2.12. The van der Waals surface area contributed by atoms with E-state index in [4.69, 9.17) is 16.0 Å². The summed E-state index contributed by atoms with van der Waals surface area (Å²) in [6.45, 7) is 4.93. The minimum absolute atomic E-state index is 0.233. The molecule has 0 aliphatic carbocycles. The van der Waals surface area contributed by atoms with E-state index in [1.165, 1.54) is 16.5 Å². The monoisotopic (exact) mass is 299 g/mol. The van der Waals surface area contributed by atoms with Crippen LogP contribution in [0.5, 0.6) is 0 Å². The Hall–Kier alpha value is -1.77. The summed E-state index contributed by atoms with van der Waals surface area (Å²) >= 11 is 6.05. The largest absolute Gasteiger partial charge is 0.461 e. The van der Waals surface area contributed by atoms with Gasteiger partial charge in [-0.1, -0.05) is 41.9 Å². The van der Waals surface area contributed by atoms with E-state index in [9.17, 15) is 0 Å². The molecule has 0 spiro atoms. The number of fused-ring (bicyclic) bond motifs is 1. The van der Waals surface area contributed by atoms with E-state index in [1.54, 1.807) is 0 Å². The van der Waals surface area contributed by atoms with E-state index in [-0.39, 0.29) is 6.04 Å². The van der Waals surface area contributed by atoms with Crippen LogP contribution in [0.4, 0.5) is 0 Å². The Kier molecular flexibility index (Phi) is 4.00. The number of hydrogen-bond acceptors (Lipinski definition) is 2. The van der Waals surface area contributed by atoms with Crippen LogP contribution in [0.1, 0.15) is 29.9 Å². The fraction of sp³-hybridized carbons (Fsp3) is 0.222. The molecular formula is C18H18ClNO. The van der Waals surface area contributed by atoms with Crippen molar-refractivity contribution in [3.05, 3.63) is 70.4 Å². The fourth-order valence-electron chi connectivity index (χ4n) is 2.59. The number of hydrogen-bond donors (Lipinski definition) is 1. The van der Waals surface area contributed by atoms with Crippen molar-refractivity contribution in [2.24, 2.45) is 0 Å². The van der Waals surface area contributed by atoms with Gasteiger partial charge in [-0.15, -0.1) is 0 Å². The first-order valence-electron chi connectivity index (χ1n) is 7.11. The Morgan fingerprint density at radius 1 is 1.14 bits per heavy atom. The number of halogens is 1. The van der Waals surface area contributed by atoms with Crippen molar-refractivity contribution in [2.45, 2.75) is 26.4 Å². The number of benzene rings is 2. The molecule has 0 aliphatic rings. The zero-order valence-electron chi connectivity index (χ0n) is 12.2. The van der Waals surface area contributed by atoms with Gasteiger partial charge in [0.2, 0.25) is 0 Å². The lowest BCUT2D eigenvalue weighted by atomic mass is 10.1. The van der Waals surface area contributed by atoms with Crippen LogP contribution in [0.15, 0.2) is 52.9 Å². The minimum atomic E-state index is 0.233. The number of furan rings is 1. The highest BCUT2D eigenvalue weighted by Crippen LogP contribution is 2.26. The van der Waals surface area contributed by atoms with Gasteiger partial charge in [-0.25, -0.2) is 0 Å². The van der Waals surface area contributed by atoms with E-state index in [0.717, 1.165) is 22.9 Å². The second-order valence-corrected chi connectivity index (χ2v) is 5.73. The van der Waals surface area contributed by atoms with Gasteiger partial charge in [0.25, 0.3) is 0 Å². The Balaban J connectivity index is 1.79. The van der Waals surface area contributed by atoms with Crippen molar-refractivity contribution in [1.29, 1.82) is 0 Å². The lowest BCUT2D eigenvalue weighted by Gasteiger charge is -2.14. The summed E-state index contributed by atoms with van der Waals surface area (Å²) < 4.78 is 5.80. The third-order valence-corrected chi connectivity index (χ3v) is 4.07. The zero-order chi connectivity index (χ0) is 14.8. The number of aryl methyl sites for hydroxylation is 1. The molecule has 2 aromatic carbocycles. The van der Waals surface area contributed by atoms with Gasteiger partial charge < -0.3 is 9.73 Å². The molecular weight excluding hydrogens is 282 g/mol. The van der Waals surface area contributed by atoms with Crippen molar-refractivity contribution < 1.29 is 4.42 Å². The van der Waals surface area contributed by atoms with Gasteiger partial charge in [-0.2, -0.15) is 0 Å². The molecule has 3 aromatic rings. The van der Waals surface area contributed by atoms with Gasteiger partial charge in [0.1, 0.15) is 11.3 Å². The van der Waals surface area contributed by atoms with Crippen LogP contribution in [-0.2, 0) is 6.54 Å². The Morgan fingerprint density at radius 2 is 1.95 bits per heavy atom. The summed E-state index contributed by atoms with van der Waals surface area (Å²) in [6.07, 6.45) is 0. The maximum absolute atomic E-state index is 6.05. The van der Waals surface area contributed by atoms with Gasteiger partial charge in [-0.05, 0) is 37.6 Å². The first kappa shape index (κ1) is 14.2. The summed E-state index contributed by atoms with van der Waals surface area (Å²) in [7, 11) is 0. The fourth-order valence-corrected chi connectivity index (χ4v) is 2.79. The Morgan fingerprint density at radius 3 is 2.76 bits per heavy atom. The predicted octanol–water partition coefficient (Wildman–Crippen LogP) is 5.25. The van der Waals surface area contributed by atoms with Gasteiger partial charge in [0.05, 0.1) is 0 Å². The maximum Gasteiger partial charge on any atom is 0.134 e. The number of para-hydroxylation sites is 1. The van der Waals surface area contributed by atoms with E-state index < -0.39 is 0 Å². The summed E-state index contributed by atoms with van der Waals surface area (Å²) in [5.74, 6) is 0.974. The molecule has 1 atom stereocenters. The molecule has 0 bridgehead atoms. The normalized spacial score (nSPS) is 12.7. The van der Waals surface area contributed by atoms with Gasteiger partial charge in [0, 0.05) is 28.6 Å². The van der Waals surface area contributed by atoms with Crippen molar-refractivity contribution in [3.63, 3.8) is 0 Å². The van der Waals surface area contributed by atoms with E-state index >= 15 is 0 Å². The van der Waals surface area contributed by atoms with Crippen LogP contribution in [0.3, 0.4) is 0 Å². The molecule has 2 nitrogen and oxygen atoms in total. The van der Waals surface area contributed by atoms with Crippen molar-refractivity contribution in [2.75, 3.05) is 0 Å². The van der Waals surface area contributed by atoms with Crippen molar-refractivity contribution in [3.8, 4) is 0 Å². The van der Waals surface area contributed by atoms with E-state index in [1.807, 2.05) is 43.3 Å². The molecule has 0 amide bonds. The minimum Gasteiger partial charge on any atom is -0.461 e. The van der Waals surface area contributed by atoms with E-state index in [0.29, 0.717) is 0 Å². The Labute approximate surface area is 129 Å². The lowest BCUT2D eigenvalue weighted by molar-refractivity contribution is 0.544. The SMILES string of the molecule is Cc1oc2ccccc2c1CN[C@@H](C)c1cccc(Cl)c1.